The highest BCUT2D eigenvalue weighted by molar-refractivity contribution is 7.85. The van der Waals surface area contributed by atoms with Crippen LogP contribution in [0.2, 0.25) is 0 Å². The van der Waals surface area contributed by atoms with E-state index in [9.17, 15) is 52.5 Å². The van der Waals surface area contributed by atoms with E-state index < -0.39 is 150 Å². The first-order chi connectivity index (χ1) is 29.8. The number of aliphatic hydroxyl groups excluding tert-OH is 1. The van der Waals surface area contributed by atoms with Crippen molar-refractivity contribution < 1.29 is 52.5 Å². The summed E-state index contributed by atoms with van der Waals surface area (Å²) in [6, 6.07) is -1.88. The molecule has 1 fully saturated rings. The lowest BCUT2D eigenvalue weighted by Crippen LogP contribution is -2.61. The molecular formula is C42H59N9O11S. The molecule has 8 amide bonds. The first-order valence-electron chi connectivity index (χ1n) is 21.4. The van der Waals surface area contributed by atoms with Crippen molar-refractivity contribution in [3.63, 3.8) is 0 Å². The molecule has 0 radical (unpaired) electrons. The van der Waals surface area contributed by atoms with Gasteiger partial charge in [-0.05, 0) is 29.4 Å². The van der Waals surface area contributed by atoms with Crippen LogP contribution in [0.4, 0.5) is 0 Å². The fraction of sp³-hybridized carbons (Fsp3) is 0.595. The van der Waals surface area contributed by atoms with Gasteiger partial charge in [0.1, 0.15) is 35.2 Å². The third-order valence-corrected chi connectivity index (χ3v) is 13.9. The summed E-state index contributed by atoms with van der Waals surface area (Å²) in [5, 5.41) is 27.0. The number of aromatic amines is 1. The Hall–Kier alpha value is -5.70. The molecule has 0 spiro atoms. The van der Waals surface area contributed by atoms with Gasteiger partial charge >= 0.3 is 0 Å². The average molecular weight is 898 g/mol. The molecule has 5 rings (SSSR count). The summed E-state index contributed by atoms with van der Waals surface area (Å²) < 4.78 is 14.6. The van der Waals surface area contributed by atoms with Gasteiger partial charge in [-0.3, -0.25) is 47.4 Å². The Balaban J connectivity index is 1.72. The Morgan fingerprint density at radius 2 is 1.56 bits per heavy atom. The van der Waals surface area contributed by atoms with Crippen LogP contribution < -0.4 is 37.6 Å². The summed E-state index contributed by atoms with van der Waals surface area (Å²) >= 11 is 0. The van der Waals surface area contributed by atoms with E-state index in [-0.39, 0.29) is 35.8 Å². The summed E-state index contributed by atoms with van der Waals surface area (Å²) in [4.78, 5) is 129. The topological polar surface area (TPSA) is 308 Å². The number of Topliss-reactive ketones (excluding diaryl/α,β-unsaturated/α-hetero) is 1. The largest absolute Gasteiger partial charge is 0.391 e. The molecule has 0 aliphatic carbocycles. The summed E-state index contributed by atoms with van der Waals surface area (Å²) in [7, 11) is -2.21. The zero-order valence-electron chi connectivity index (χ0n) is 36.1. The number of carbonyl (C=O) groups excluding carboxylic acids is 9. The second-order valence-electron chi connectivity index (χ2n) is 16.8. The quantitative estimate of drug-likeness (QED) is 0.151. The van der Waals surface area contributed by atoms with Crippen LogP contribution in [0.15, 0.2) is 29.3 Å². The van der Waals surface area contributed by atoms with E-state index in [2.05, 4.69) is 36.9 Å². The van der Waals surface area contributed by atoms with Crippen LogP contribution in [0.25, 0.3) is 10.9 Å². The van der Waals surface area contributed by atoms with Gasteiger partial charge in [0.15, 0.2) is 5.78 Å². The smallest absolute Gasteiger partial charge is 0.246 e. The van der Waals surface area contributed by atoms with Gasteiger partial charge in [0.2, 0.25) is 47.3 Å². The minimum atomic E-state index is -2.21. The molecule has 1 saturated heterocycles. The van der Waals surface area contributed by atoms with Crippen molar-refractivity contribution in [3.05, 3.63) is 29.8 Å². The van der Waals surface area contributed by atoms with Crippen LogP contribution in [-0.2, 0) is 60.4 Å². The molecule has 4 heterocycles. The maximum atomic E-state index is 14.6. The van der Waals surface area contributed by atoms with Crippen LogP contribution >= 0.6 is 0 Å². The molecule has 10 N–H and O–H groups in total. The van der Waals surface area contributed by atoms with Crippen molar-refractivity contribution in [2.75, 3.05) is 18.8 Å². The third kappa shape index (κ3) is 11.7. The number of nitrogens with zero attached hydrogens (tertiary/aromatic N) is 1. The number of nitrogens with two attached hydrogens (primary N) is 1. The van der Waals surface area contributed by atoms with Gasteiger partial charge in [0.25, 0.3) is 0 Å². The van der Waals surface area contributed by atoms with E-state index in [1.165, 1.54) is 0 Å². The van der Waals surface area contributed by atoms with Crippen LogP contribution in [0.5, 0.6) is 0 Å². The minimum absolute atomic E-state index is 0.0262. The van der Waals surface area contributed by atoms with Gasteiger partial charge in [0.05, 0.1) is 41.7 Å². The Bertz CT molecular complexity index is 2150. The number of carbonyl (C=O) groups is 9. The SMILES string of the molecule is CC[C@H](C)[C@@H]1NC(=O)CNC(=O)C2Cc3c([nH]c4ccccc34)S(=O)C[C@H](NC(=O)CCC1=O)C(=O)N[C@@H](CC(N)=O)C(=O)N1C[C@H](O)C[C@H]1C(=O)NC([C@@H](C)[C@@H](C)CC)C(=O)N2. The minimum Gasteiger partial charge on any atom is -0.391 e. The maximum Gasteiger partial charge on any atom is 0.246 e. The molecule has 3 unspecified atom stereocenters. The molecule has 2 aromatic rings. The number of aromatic nitrogens is 1. The van der Waals surface area contributed by atoms with E-state index in [1.54, 1.807) is 45.0 Å². The zero-order chi connectivity index (χ0) is 46.3. The number of ketones is 1. The number of H-pyrrole nitrogens is 1. The molecule has 20 nitrogen and oxygen atoms in total. The number of para-hydroxylation sites is 1. The molecule has 1 aromatic carbocycles. The van der Waals surface area contributed by atoms with Crippen LogP contribution in [0.3, 0.4) is 0 Å². The molecule has 63 heavy (non-hydrogen) atoms. The van der Waals surface area contributed by atoms with Crippen molar-refractivity contribution in [1.29, 1.82) is 0 Å². The van der Waals surface area contributed by atoms with Crippen molar-refractivity contribution >= 4 is 74.7 Å². The normalized spacial score (nSPS) is 28.9. The monoisotopic (exact) mass is 897 g/mol. The number of benzene rings is 1. The highest BCUT2D eigenvalue weighted by Crippen LogP contribution is 2.28. The molecule has 3 aliphatic heterocycles. The van der Waals surface area contributed by atoms with Gasteiger partial charge in [-0.25, -0.2) is 0 Å². The van der Waals surface area contributed by atoms with E-state index >= 15 is 0 Å². The Labute approximate surface area is 367 Å². The molecule has 0 saturated carbocycles. The van der Waals surface area contributed by atoms with E-state index in [0.29, 0.717) is 23.7 Å². The summed E-state index contributed by atoms with van der Waals surface area (Å²) in [5.74, 6) is -9.35. The summed E-state index contributed by atoms with van der Waals surface area (Å²) in [6.07, 6.45) is -2.40. The van der Waals surface area contributed by atoms with Crippen molar-refractivity contribution in [3.8, 4) is 0 Å². The number of nitrogens with one attached hydrogen (secondary N) is 7. The van der Waals surface area contributed by atoms with Gasteiger partial charge < -0.3 is 52.6 Å². The van der Waals surface area contributed by atoms with Crippen LogP contribution in [-0.4, -0.2) is 133 Å². The number of amides is 8. The fourth-order valence-corrected chi connectivity index (χ4v) is 9.58. The number of hydrogen-bond donors (Lipinski definition) is 9. The predicted octanol–water partition coefficient (Wildman–Crippen LogP) is -1.70. The second-order valence-corrected chi connectivity index (χ2v) is 18.3. The zero-order valence-corrected chi connectivity index (χ0v) is 36.9. The summed E-state index contributed by atoms with van der Waals surface area (Å²) in [6.45, 7) is 8.02. The van der Waals surface area contributed by atoms with E-state index in [4.69, 9.17) is 5.73 Å². The van der Waals surface area contributed by atoms with Gasteiger partial charge in [-0.2, -0.15) is 0 Å². The van der Waals surface area contributed by atoms with Crippen molar-refractivity contribution in [2.24, 2.45) is 23.5 Å². The molecule has 2 bridgehead atoms. The molecule has 344 valence electrons. The molecule has 11 atom stereocenters. The molecule has 21 heteroatoms. The number of rotatable bonds is 7. The molecule has 3 aliphatic rings. The Morgan fingerprint density at radius 1 is 0.841 bits per heavy atom. The maximum absolute atomic E-state index is 14.6. The number of fused-ring (bicyclic) bond motifs is 5. The molecule has 1 aromatic heterocycles. The second kappa shape index (κ2) is 21.1. The fourth-order valence-electron chi connectivity index (χ4n) is 8.18. The lowest BCUT2D eigenvalue weighted by Gasteiger charge is -2.33. The highest BCUT2D eigenvalue weighted by atomic mass is 32.2. The van der Waals surface area contributed by atoms with Gasteiger partial charge in [-0.1, -0.05) is 65.7 Å². The average Bonchev–Trinajstić information content (AvgIpc) is 3.83. The lowest BCUT2D eigenvalue weighted by molar-refractivity contribution is -0.143. The number of hydrogen-bond acceptors (Lipinski definition) is 11. The van der Waals surface area contributed by atoms with Crippen molar-refractivity contribution in [1.82, 2.24) is 41.8 Å². The van der Waals surface area contributed by atoms with Crippen LogP contribution in [0, 0.1) is 17.8 Å². The number of primary amides is 1. The Morgan fingerprint density at radius 3 is 2.24 bits per heavy atom. The lowest BCUT2D eigenvalue weighted by atomic mass is 9.86. The highest BCUT2D eigenvalue weighted by Gasteiger charge is 2.45. The summed E-state index contributed by atoms with van der Waals surface area (Å²) in [5.41, 5.74) is 6.30. The third-order valence-electron chi connectivity index (χ3n) is 12.4. The van der Waals surface area contributed by atoms with Crippen molar-refractivity contribution in [2.45, 2.75) is 127 Å². The van der Waals surface area contributed by atoms with E-state index in [1.807, 2.05) is 13.8 Å². The molecular weight excluding hydrogens is 839 g/mol. The Kier molecular flexibility index (Phi) is 16.2. The van der Waals surface area contributed by atoms with Gasteiger partial charge in [-0.15, -0.1) is 0 Å². The van der Waals surface area contributed by atoms with Crippen LogP contribution in [0.1, 0.15) is 78.7 Å². The number of aliphatic hydroxyl groups is 1. The standard InChI is InChI=1S/C42H59N9O11S/c1-6-20(3)22(5)36-40(60)46-27-15-25-24-10-8-9-11-26(24)48-41(25)63(62)19-29(45-33(55)13-12-31(53)35(21(4)7-2)49-34(56)17-44-37(27)57)38(58)47-28(16-32(43)54)42(61)51-18-23(52)14-30(51)39(59)50-36/h8-11,20-23,27-30,35-36,48,52H,6-7,12-19H2,1-5H3,(H2,43,54)(H,44,57)(H,45,55)(H,46,60)(H,47,58)(H,49,56)(H,50,59)/t20-,21-,22-,23+,27?,28-,29-,30-,35-,36?,63?/m0/s1. The predicted molar refractivity (Wildman–Crippen MR) is 228 cm³/mol. The van der Waals surface area contributed by atoms with E-state index in [0.717, 1.165) is 4.90 Å². The van der Waals surface area contributed by atoms with Gasteiger partial charge in [0, 0.05) is 43.1 Å². The first-order valence-corrected chi connectivity index (χ1v) is 22.7. The first kappa shape index (κ1) is 48.3.